The van der Waals surface area contributed by atoms with E-state index in [0.29, 0.717) is 17.9 Å². The maximum Gasteiger partial charge on any atom is 0.120 e. The number of β-amino-alcohol motifs (C(OH)–C–C–N with tert-alkyl or cyclic N) is 1. The van der Waals surface area contributed by atoms with E-state index in [-0.39, 0.29) is 6.61 Å². The van der Waals surface area contributed by atoms with E-state index in [1.165, 1.54) is 11.1 Å². The molecule has 5 nitrogen and oxygen atoms in total. The Balaban J connectivity index is 1.34. The Morgan fingerprint density at radius 2 is 1.69 bits per heavy atom. The summed E-state index contributed by atoms with van der Waals surface area (Å²) in [6, 6.07) is 21.9. The topological polar surface area (TPSA) is 84.7 Å². The molecule has 0 aromatic heterocycles. The van der Waals surface area contributed by atoms with E-state index in [1.807, 2.05) is 36.4 Å². The van der Waals surface area contributed by atoms with Crippen molar-refractivity contribution in [3.63, 3.8) is 0 Å². The molecule has 3 aromatic rings. The summed E-state index contributed by atoms with van der Waals surface area (Å²) < 4.78 is 5.86. The van der Waals surface area contributed by atoms with Crippen LogP contribution in [0.5, 0.6) is 5.75 Å². The number of ether oxygens (including phenoxy) is 1. The Morgan fingerprint density at radius 1 is 0.897 bits per heavy atom. The van der Waals surface area contributed by atoms with Crippen molar-refractivity contribution in [1.82, 2.24) is 4.90 Å². The molecular weight excluding hydrogens is 362 g/mol. The molecule has 150 valence electrons. The van der Waals surface area contributed by atoms with Gasteiger partial charge in [-0.05, 0) is 52.9 Å². The number of aliphatic hydroxyl groups excluding tert-OH is 1. The lowest BCUT2D eigenvalue weighted by atomic mass is 10.00. The average Bonchev–Trinajstić information content (AvgIpc) is 2.74. The van der Waals surface area contributed by atoms with E-state index < -0.39 is 6.10 Å². The molecule has 0 saturated carbocycles. The molecule has 0 radical (unpaired) electrons. The molecule has 5 N–H and O–H groups in total. The molecule has 1 atom stereocenters. The van der Waals surface area contributed by atoms with Crippen LogP contribution < -0.4 is 16.2 Å². The number of rotatable bonds is 6. The van der Waals surface area contributed by atoms with E-state index in [1.54, 1.807) is 6.07 Å². The quantitative estimate of drug-likeness (QED) is 0.563. The van der Waals surface area contributed by atoms with E-state index in [2.05, 4.69) is 29.2 Å². The lowest BCUT2D eigenvalue weighted by Gasteiger charge is -2.30. The second kappa shape index (κ2) is 8.55. The average molecular weight is 389 g/mol. The summed E-state index contributed by atoms with van der Waals surface area (Å²) in [5.41, 5.74) is 17.6. The van der Waals surface area contributed by atoms with Gasteiger partial charge in [0.1, 0.15) is 18.5 Å². The van der Waals surface area contributed by atoms with Crippen molar-refractivity contribution < 1.29 is 9.84 Å². The third-order valence-corrected chi connectivity index (χ3v) is 5.38. The molecule has 0 spiro atoms. The van der Waals surface area contributed by atoms with Crippen LogP contribution in [0.3, 0.4) is 0 Å². The fourth-order valence-electron chi connectivity index (χ4n) is 3.77. The van der Waals surface area contributed by atoms with Gasteiger partial charge in [0.05, 0.1) is 11.4 Å². The van der Waals surface area contributed by atoms with Gasteiger partial charge in [-0.1, -0.05) is 42.5 Å². The number of aliphatic hydroxyl groups is 1. The van der Waals surface area contributed by atoms with Crippen LogP contribution in [0.4, 0.5) is 11.4 Å². The number of nitrogens with two attached hydrogens (primary N) is 2. The first-order valence-electron chi connectivity index (χ1n) is 9.94. The fraction of sp³-hybridized carbons (Fsp3) is 0.250. The number of hydrogen-bond acceptors (Lipinski definition) is 5. The Bertz CT molecular complexity index is 989. The summed E-state index contributed by atoms with van der Waals surface area (Å²) in [6.45, 7) is 2.69. The van der Waals surface area contributed by atoms with Crippen molar-refractivity contribution in [3.8, 4) is 16.9 Å². The van der Waals surface area contributed by atoms with E-state index in [0.717, 1.165) is 36.4 Å². The van der Waals surface area contributed by atoms with Gasteiger partial charge in [0.2, 0.25) is 0 Å². The van der Waals surface area contributed by atoms with Crippen molar-refractivity contribution in [1.29, 1.82) is 0 Å². The minimum absolute atomic E-state index is 0.255. The van der Waals surface area contributed by atoms with Crippen molar-refractivity contribution in [2.45, 2.75) is 19.1 Å². The first-order valence-corrected chi connectivity index (χ1v) is 9.94. The molecule has 0 bridgehead atoms. The van der Waals surface area contributed by atoms with Crippen molar-refractivity contribution in [3.05, 3.63) is 77.9 Å². The molecule has 4 rings (SSSR count). The molecule has 3 aromatic carbocycles. The van der Waals surface area contributed by atoms with Crippen LogP contribution in [-0.2, 0) is 13.0 Å². The zero-order valence-electron chi connectivity index (χ0n) is 16.4. The van der Waals surface area contributed by atoms with Crippen LogP contribution >= 0.6 is 0 Å². The summed E-state index contributed by atoms with van der Waals surface area (Å²) in [5, 5.41) is 10.5. The van der Waals surface area contributed by atoms with Crippen molar-refractivity contribution >= 4 is 11.4 Å². The standard InChI is InChI=1S/C24H27N3O2/c25-23-9-8-19(13-24(23)26)18-6-3-7-22(12-18)29-16-21(28)15-27-11-10-17-4-1-2-5-20(17)14-27/h1-9,12-13,21,28H,10-11,14-16,25-26H2. The largest absolute Gasteiger partial charge is 0.491 e. The van der Waals surface area contributed by atoms with Crippen LogP contribution in [0.25, 0.3) is 11.1 Å². The molecular formula is C24H27N3O2. The van der Waals surface area contributed by atoms with Gasteiger partial charge in [-0.2, -0.15) is 0 Å². The molecule has 0 fully saturated rings. The molecule has 0 saturated heterocycles. The van der Waals surface area contributed by atoms with E-state index in [4.69, 9.17) is 16.2 Å². The zero-order chi connectivity index (χ0) is 20.2. The van der Waals surface area contributed by atoms with Gasteiger partial charge in [-0.15, -0.1) is 0 Å². The van der Waals surface area contributed by atoms with Crippen LogP contribution in [0.2, 0.25) is 0 Å². The predicted octanol–water partition coefficient (Wildman–Crippen LogP) is 3.32. The number of fused-ring (bicyclic) bond motifs is 1. The number of anilines is 2. The zero-order valence-corrected chi connectivity index (χ0v) is 16.4. The highest BCUT2D eigenvalue weighted by molar-refractivity contribution is 5.75. The van der Waals surface area contributed by atoms with Gasteiger partial charge in [-0.3, -0.25) is 4.90 Å². The smallest absolute Gasteiger partial charge is 0.120 e. The minimum Gasteiger partial charge on any atom is -0.491 e. The number of hydrogen-bond donors (Lipinski definition) is 3. The Morgan fingerprint density at radius 3 is 2.52 bits per heavy atom. The molecule has 0 aliphatic carbocycles. The van der Waals surface area contributed by atoms with Crippen LogP contribution in [-0.4, -0.2) is 35.8 Å². The molecule has 0 amide bonds. The third-order valence-electron chi connectivity index (χ3n) is 5.38. The van der Waals surface area contributed by atoms with Crippen LogP contribution in [0.1, 0.15) is 11.1 Å². The first-order chi connectivity index (χ1) is 14.1. The summed E-state index contributed by atoms with van der Waals surface area (Å²) in [7, 11) is 0. The van der Waals surface area contributed by atoms with E-state index in [9.17, 15) is 5.11 Å². The highest BCUT2D eigenvalue weighted by Crippen LogP contribution is 2.28. The molecule has 1 unspecified atom stereocenters. The predicted molar refractivity (Wildman–Crippen MR) is 118 cm³/mol. The first kappa shape index (κ1) is 19.3. The van der Waals surface area contributed by atoms with Gasteiger partial charge in [0, 0.05) is 19.6 Å². The number of nitrogens with zero attached hydrogens (tertiary/aromatic N) is 1. The summed E-state index contributed by atoms with van der Waals surface area (Å²) in [4.78, 5) is 2.28. The molecule has 29 heavy (non-hydrogen) atoms. The summed E-state index contributed by atoms with van der Waals surface area (Å²) >= 11 is 0. The van der Waals surface area contributed by atoms with Crippen LogP contribution in [0.15, 0.2) is 66.7 Å². The van der Waals surface area contributed by atoms with E-state index >= 15 is 0 Å². The summed E-state index contributed by atoms with van der Waals surface area (Å²) in [6.07, 6.45) is 0.479. The Labute approximate surface area is 171 Å². The second-order valence-corrected chi connectivity index (χ2v) is 7.59. The Kier molecular flexibility index (Phi) is 5.69. The number of benzene rings is 3. The maximum atomic E-state index is 10.5. The maximum absolute atomic E-state index is 10.5. The molecule has 1 aliphatic rings. The van der Waals surface area contributed by atoms with Gasteiger partial charge < -0.3 is 21.3 Å². The van der Waals surface area contributed by atoms with Gasteiger partial charge in [-0.25, -0.2) is 0 Å². The van der Waals surface area contributed by atoms with Gasteiger partial charge >= 0.3 is 0 Å². The van der Waals surface area contributed by atoms with Gasteiger partial charge in [0.15, 0.2) is 0 Å². The normalized spacial score (nSPS) is 14.9. The van der Waals surface area contributed by atoms with Crippen molar-refractivity contribution in [2.24, 2.45) is 0 Å². The monoisotopic (exact) mass is 389 g/mol. The lowest BCUT2D eigenvalue weighted by Crippen LogP contribution is -2.38. The number of nitrogen functional groups attached to an aromatic ring is 2. The van der Waals surface area contributed by atoms with Gasteiger partial charge in [0.25, 0.3) is 0 Å². The third kappa shape index (κ3) is 4.70. The lowest BCUT2D eigenvalue weighted by molar-refractivity contribution is 0.0638. The minimum atomic E-state index is -0.545. The second-order valence-electron chi connectivity index (χ2n) is 7.59. The molecule has 5 heteroatoms. The summed E-state index contributed by atoms with van der Waals surface area (Å²) in [5.74, 6) is 0.723. The molecule has 1 heterocycles. The highest BCUT2D eigenvalue weighted by Gasteiger charge is 2.18. The van der Waals surface area contributed by atoms with Crippen molar-refractivity contribution in [2.75, 3.05) is 31.2 Å². The fourth-order valence-corrected chi connectivity index (χ4v) is 3.77. The Hall–Kier alpha value is -3.02. The molecule has 1 aliphatic heterocycles. The SMILES string of the molecule is Nc1ccc(-c2cccc(OCC(O)CN3CCc4ccccc4C3)c2)cc1N. The highest BCUT2D eigenvalue weighted by atomic mass is 16.5. The van der Waals surface area contributed by atoms with Crippen LogP contribution in [0, 0.1) is 0 Å².